The predicted octanol–water partition coefficient (Wildman–Crippen LogP) is 1.41. The number of nitro groups is 1. The van der Waals surface area contributed by atoms with Gasteiger partial charge < -0.3 is 59.3 Å². The molecule has 13 N–H and O–H groups in total. The van der Waals surface area contributed by atoms with Gasteiger partial charge in [-0.05, 0) is 107 Å². The zero-order chi connectivity index (χ0) is 71.3. The largest absolute Gasteiger partial charge is 0.480 e. The molecule has 5 aromatic heterocycles. The number of carbonyl (C=O) groups excluding carboxylic acids is 5. The molecule has 4 amide bonds. The first-order valence-electron chi connectivity index (χ1n) is 30.4. The number of nitrogens with zero attached hydrogens (tertiary/aromatic N) is 5. The van der Waals surface area contributed by atoms with Crippen LogP contribution in [0.3, 0.4) is 0 Å². The molecule has 1 aromatic carbocycles. The summed E-state index contributed by atoms with van der Waals surface area (Å²) in [6, 6.07) is 8.79. The van der Waals surface area contributed by atoms with Crippen molar-refractivity contribution in [3.05, 3.63) is 106 Å². The Kier molecular flexibility index (Phi) is 28.3. The number of rotatable bonds is 42. The number of imidazole rings is 1. The number of carboxylic acids is 1. The number of thioether (sulfide) groups is 1. The molecule has 1 fully saturated rings. The lowest BCUT2D eigenvalue weighted by atomic mass is 10.1. The van der Waals surface area contributed by atoms with Crippen molar-refractivity contribution in [1.29, 1.82) is 0 Å². The fraction of sp³-hybridized carbons (Fsp3) is 0.491. The predicted molar refractivity (Wildman–Crippen MR) is 337 cm³/mol. The fourth-order valence-electron chi connectivity index (χ4n) is 9.75. The molecule has 0 radical (unpaired) electrons. The lowest BCUT2D eigenvalue weighted by Gasteiger charge is -2.20. The normalized spacial score (nSPS) is 17.0. The van der Waals surface area contributed by atoms with E-state index in [1.54, 1.807) is 12.1 Å². The summed E-state index contributed by atoms with van der Waals surface area (Å²) in [6.07, 6.45) is -1.01. The number of fused-ring (bicyclic) bond motifs is 1. The molecule has 1 saturated heterocycles. The molecule has 1 aliphatic rings. The number of nitrogens with one attached hydrogen (secondary N) is 7. The minimum atomic E-state index is -4.68. The monoisotopic (exact) mass is 1450 g/mol. The molecule has 0 saturated carbocycles. The molecule has 0 spiro atoms. The van der Waals surface area contributed by atoms with E-state index in [4.69, 9.17) is 22.7 Å². The van der Waals surface area contributed by atoms with Gasteiger partial charge in [0.15, 0.2) is 11.9 Å². The molecule has 37 nitrogen and oxygen atoms in total. The molecule has 8 atom stereocenters. The summed E-state index contributed by atoms with van der Waals surface area (Å²) in [5, 5.41) is 60.1. The summed E-state index contributed by atoms with van der Waals surface area (Å²) >= 11 is 1.30. The Morgan fingerprint density at radius 1 is 0.643 bits per heavy atom. The van der Waals surface area contributed by atoms with Crippen LogP contribution in [0.25, 0.3) is 11.2 Å². The summed E-state index contributed by atoms with van der Waals surface area (Å²) in [5.41, 5.74) is 1.37. The molecule has 41 heteroatoms. The summed E-state index contributed by atoms with van der Waals surface area (Å²) in [6.45, 7) is 0.570. The third-order valence-electron chi connectivity index (χ3n) is 15.0. The van der Waals surface area contributed by atoms with E-state index in [1.807, 2.05) is 0 Å². The zero-order valence-electron chi connectivity index (χ0n) is 52.3. The number of carbonyl (C=O) groups is 6. The van der Waals surface area contributed by atoms with Gasteiger partial charge in [-0.2, -0.15) is 25.3 Å². The Morgan fingerprint density at radius 2 is 1.12 bits per heavy atom. The number of unbranched alkanes of at least 4 members (excludes halogenated alkanes) is 3. The van der Waals surface area contributed by atoms with Gasteiger partial charge in [0.1, 0.15) is 65.1 Å². The number of non-ortho nitro benzene ring substituents is 1. The average molecular weight is 1460 g/mol. The van der Waals surface area contributed by atoms with Gasteiger partial charge in [-0.3, -0.25) is 73.1 Å². The molecule has 0 bridgehead atoms. The highest BCUT2D eigenvalue weighted by Crippen LogP contribution is 2.34. The van der Waals surface area contributed by atoms with Crippen LogP contribution in [-0.2, 0) is 94.0 Å². The highest BCUT2D eigenvalue weighted by Gasteiger charge is 2.45. The van der Waals surface area contributed by atoms with Crippen LogP contribution in [0.5, 0.6) is 0 Å². The number of aromatic nitrogens is 4. The fourth-order valence-corrected chi connectivity index (χ4v) is 12.0. The Bertz CT molecular complexity index is 4070. The summed E-state index contributed by atoms with van der Waals surface area (Å²) in [7, 11) is -14.0. The number of ether oxygens (including phenoxy) is 2. The van der Waals surface area contributed by atoms with Gasteiger partial charge in [-0.25, -0.2) is 15.0 Å². The number of furan rings is 3. The maximum absolute atomic E-state index is 13.7. The van der Waals surface area contributed by atoms with E-state index in [0.717, 1.165) is 23.8 Å². The first kappa shape index (κ1) is 77.0. The lowest BCUT2D eigenvalue weighted by Crippen LogP contribution is -2.49. The lowest BCUT2D eigenvalue weighted by molar-refractivity contribution is -0.384. The summed E-state index contributed by atoms with van der Waals surface area (Å²) < 4.78 is 126. The van der Waals surface area contributed by atoms with Crippen molar-refractivity contribution >= 4 is 94.5 Å². The molecule has 6 aromatic rings. The van der Waals surface area contributed by atoms with Crippen LogP contribution in [0, 0.1) is 10.1 Å². The van der Waals surface area contributed by atoms with Gasteiger partial charge >= 0.3 is 42.3 Å². The summed E-state index contributed by atoms with van der Waals surface area (Å²) in [4.78, 5) is 101. The second kappa shape index (κ2) is 36.0. The minimum absolute atomic E-state index is 0.0411. The average Bonchev–Trinajstić information content (AvgIpc) is 1.62. The van der Waals surface area contributed by atoms with E-state index in [-0.39, 0.29) is 100.0 Å². The van der Waals surface area contributed by atoms with Crippen molar-refractivity contribution < 1.29 is 111 Å². The van der Waals surface area contributed by atoms with E-state index in [9.17, 15) is 93.1 Å². The first-order chi connectivity index (χ1) is 46.4. The Labute approximate surface area is 563 Å². The number of nitro benzene ring substituents is 1. The minimum Gasteiger partial charge on any atom is -0.480 e. The second-order valence-electron chi connectivity index (χ2n) is 22.3. The van der Waals surface area contributed by atoms with Gasteiger partial charge in [0.25, 0.3) is 5.69 Å². The Hall–Kier alpha value is -8.33. The van der Waals surface area contributed by atoms with Crippen molar-refractivity contribution in [3.8, 4) is 0 Å². The molecule has 1 aliphatic heterocycles. The molecule has 6 heterocycles. The third-order valence-corrected chi connectivity index (χ3v) is 18.3. The number of benzene rings is 1. The molecular formula is C57H74N12O25S4. The van der Waals surface area contributed by atoms with Crippen LogP contribution in [0.15, 0.2) is 107 Å². The number of hydrogen-bond donors (Lipinski definition) is 13. The number of amides is 4. The highest BCUT2D eigenvalue weighted by molar-refractivity contribution is 7.98. The molecule has 0 aliphatic carbocycles. The number of aliphatic hydroxyl groups is 2. The molecular weight excluding hydrogens is 1380 g/mol. The Morgan fingerprint density at radius 3 is 1.58 bits per heavy atom. The number of carboxylic acid groups (broad SMARTS) is 1. The highest BCUT2D eigenvalue weighted by atomic mass is 32.2. The van der Waals surface area contributed by atoms with Crippen LogP contribution < -0.4 is 37.2 Å². The molecule has 4 unspecified atom stereocenters. The van der Waals surface area contributed by atoms with Gasteiger partial charge in [0, 0.05) is 43.9 Å². The number of aliphatic carboxylic acids is 1. The van der Waals surface area contributed by atoms with Gasteiger partial charge in [0.05, 0.1) is 55.4 Å². The van der Waals surface area contributed by atoms with Crippen molar-refractivity contribution in [2.75, 3.05) is 26.2 Å². The topological polar surface area (TPSA) is 555 Å². The van der Waals surface area contributed by atoms with Crippen molar-refractivity contribution in [1.82, 2.24) is 56.7 Å². The van der Waals surface area contributed by atoms with Gasteiger partial charge in [-0.1, -0.05) is 23.9 Å². The standard InChI is InChI=1S/C57H74N12O25S4/c1-33(57(77)78)67-54(76)41(63-28-38-17-22-47(93-38)98(87,88)89)10-4-7-25-60-53(75)40(62-27-37-16-21-46(92-37)97(84,85)86)9-3-6-24-59-52(74)39(61-26-36-15-20-45(91-36)96(81,82)83)8-2-5-23-58-43(70)18-19-44(71)90-29-42-49(72)50(73)56(94-42)68-32-66-48-51(68)64-31-65-55(48)95-30-34-11-13-35(14-12-34)69(79)80/h11-17,20-22,31-33,39-42,49-50,56,61-63,72-73H,2-10,18-19,23-30H2,1H3,(H,58,70)(H,59,74)(H,60,75)(H,67,76)(H,77,78)(H,81,82,83)(H,84,85,86)(H,87,88,89)/t33?,39?,40?,41?,42-,49-,50-,56-/m1/s1. The second-order valence-corrected chi connectivity index (χ2v) is 27.3. The van der Waals surface area contributed by atoms with Gasteiger partial charge in [-0.15, -0.1) is 0 Å². The smallest absolute Gasteiger partial charge is 0.328 e. The van der Waals surface area contributed by atoms with E-state index < -0.39 is 141 Å². The van der Waals surface area contributed by atoms with Crippen molar-refractivity contribution in [2.45, 2.75) is 172 Å². The van der Waals surface area contributed by atoms with Crippen LogP contribution in [0.2, 0.25) is 0 Å². The van der Waals surface area contributed by atoms with E-state index in [1.165, 1.54) is 66.2 Å². The SMILES string of the molecule is CC(NC(=O)C(CCCCNC(=O)C(CCCCNC(=O)C(CCCCNC(=O)CCC(=O)OC[C@H]1O[C@@H](n2cnc3c(SCc4ccc([N+](=O)[O-])cc4)ncnc32)[C@H](O)[C@@H]1O)NCc1ccc(S(=O)(=O)O)o1)NCc1ccc(S(=O)(=O)O)o1)NCc1ccc(S(=O)(=O)O)o1)C(=O)O. The first-order valence-corrected chi connectivity index (χ1v) is 35.7. The number of esters is 1. The van der Waals surface area contributed by atoms with Crippen LogP contribution >= 0.6 is 11.8 Å². The van der Waals surface area contributed by atoms with Gasteiger partial charge in [0.2, 0.25) is 38.9 Å². The zero-order valence-corrected chi connectivity index (χ0v) is 55.6. The third kappa shape index (κ3) is 23.4. The molecule has 98 heavy (non-hydrogen) atoms. The van der Waals surface area contributed by atoms with E-state index in [0.29, 0.717) is 54.8 Å². The van der Waals surface area contributed by atoms with Crippen LogP contribution in [-0.4, -0.2) is 183 Å². The summed E-state index contributed by atoms with van der Waals surface area (Å²) in [5.74, 6) is -3.73. The van der Waals surface area contributed by atoms with E-state index >= 15 is 0 Å². The number of hydrogen-bond acceptors (Lipinski definition) is 28. The maximum Gasteiger partial charge on any atom is 0.328 e. The van der Waals surface area contributed by atoms with Crippen molar-refractivity contribution in [3.63, 3.8) is 0 Å². The van der Waals surface area contributed by atoms with E-state index in [2.05, 4.69) is 52.2 Å². The number of aliphatic hydroxyl groups excluding tert-OH is 2. The quantitative estimate of drug-likeness (QED) is 0.00490. The van der Waals surface area contributed by atoms with Crippen LogP contribution in [0.1, 0.15) is 107 Å². The van der Waals surface area contributed by atoms with Crippen molar-refractivity contribution in [2.24, 2.45) is 0 Å². The molecule has 7 rings (SSSR count). The maximum atomic E-state index is 13.7. The molecule has 536 valence electrons. The van der Waals surface area contributed by atoms with Crippen LogP contribution in [0.4, 0.5) is 5.69 Å². The Balaban J connectivity index is 0.847.